The highest BCUT2D eigenvalue weighted by Crippen LogP contribution is 2.44. The standard InChI is InChI=1S/C33H28N2O5/c1-2-3-18-37-24-14-12-22(13-15-24)33(36)39-27-16-17-28-30(20-27)40-32(35)29(21-34)31(28)23-8-7-11-26(19-23)38-25-9-5-4-6-10-25/h4-17,19-20,31H,2-3,18,35H2,1H3. The summed E-state index contributed by atoms with van der Waals surface area (Å²) in [6.45, 7) is 2.73. The number of carbonyl (C=O) groups is 1. The van der Waals surface area contributed by atoms with Crippen molar-refractivity contribution in [3.05, 3.63) is 125 Å². The first-order chi connectivity index (χ1) is 19.6. The van der Waals surface area contributed by atoms with Gasteiger partial charge in [0.15, 0.2) is 0 Å². The number of para-hydroxylation sites is 1. The van der Waals surface area contributed by atoms with Crippen LogP contribution >= 0.6 is 0 Å². The number of fused-ring (bicyclic) bond motifs is 1. The lowest BCUT2D eigenvalue weighted by Crippen LogP contribution is -2.21. The zero-order chi connectivity index (χ0) is 27.9. The summed E-state index contributed by atoms with van der Waals surface area (Å²) >= 11 is 0. The maximum atomic E-state index is 12.8. The number of hydrogen-bond acceptors (Lipinski definition) is 7. The zero-order valence-corrected chi connectivity index (χ0v) is 22.0. The number of carbonyl (C=O) groups excluding carboxylic acids is 1. The predicted octanol–water partition coefficient (Wildman–Crippen LogP) is 7.10. The number of unbranched alkanes of at least 4 members (excludes halogenated alkanes) is 1. The lowest BCUT2D eigenvalue weighted by Gasteiger charge is -2.27. The molecule has 0 saturated heterocycles. The molecule has 0 bridgehead atoms. The van der Waals surface area contributed by atoms with Crippen molar-refractivity contribution in [2.24, 2.45) is 5.73 Å². The first kappa shape index (κ1) is 26.4. The predicted molar refractivity (Wildman–Crippen MR) is 151 cm³/mol. The van der Waals surface area contributed by atoms with Crippen LogP contribution in [0, 0.1) is 11.3 Å². The number of hydrogen-bond donors (Lipinski definition) is 1. The molecule has 1 aliphatic rings. The molecule has 4 aromatic rings. The van der Waals surface area contributed by atoms with Gasteiger partial charge in [-0.2, -0.15) is 5.26 Å². The summed E-state index contributed by atoms with van der Waals surface area (Å²) in [5, 5.41) is 9.93. The minimum Gasteiger partial charge on any atom is -0.494 e. The van der Waals surface area contributed by atoms with Gasteiger partial charge in [-0.1, -0.05) is 49.7 Å². The van der Waals surface area contributed by atoms with E-state index >= 15 is 0 Å². The Balaban J connectivity index is 1.37. The Morgan fingerprint density at radius 1 is 0.900 bits per heavy atom. The highest BCUT2D eigenvalue weighted by molar-refractivity contribution is 5.91. The van der Waals surface area contributed by atoms with Gasteiger partial charge in [0.2, 0.25) is 5.88 Å². The first-order valence-corrected chi connectivity index (χ1v) is 13.0. The van der Waals surface area contributed by atoms with Gasteiger partial charge in [-0.15, -0.1) is 0 Å². The molecule has 1 unspecified atom stereocenters. The van der Waals surface area contributed by atoms with Gasteiger partial charge in [-0.05, 0) is 66.6 Å². The van der Waals surface area contributed by atoms with Crippen LogP contribution in [0.25, 0.3) is 0 Å². The van der Waals surface area contributed by atoms with E-state index in [1.54, 1.807) is 42.5 Å². The van der Waals surface area contributed by atoms with Crippen molar-refractivity contribution in [2.75, 3.05) is 6.61 Å². The molecular weight excluding hydrogens is 504 g/mol. The number of nitrogens with zero attached hydrogens (tertiary/aromatic N) is 1. The summed E-state index contributed by atoms with van der Waals surface area (Å²) in [4.78, 5) is 12.8. The fourth-order valence-electron chi connectivity index (χ4n) is 4.41. The van der Waals surface area contributed by atoms with Gasteiger partial charge in [-0.25, -0.2) is 4.79 Å². The molecule has 0 amide bonds. The Hall–Kier alpha value is -5.22. The van der Waals surface area contributed by atoms with Crippen molar-refractivity contribution in [1.82, 2.24) is 0 Å². The Labute approximate surface area is 233 Å². The summed E-state index contributed by atoms with van der Waals surface area (Å²) in [7, 11) is 0. The van der Waals surface area contributed by atoms with Gasteiger partial charge in [0.1, 0.15) is 40.4 Å². The molecule has 7 heteroatoms. The van der Waals surface area contributed by atoms with Crippen LogP contribution in [0.3, 0.4) is 0 Å². The number of ether oxygens (including phenoxy) is 4. The van der Waals surface area contributed by atoms with Gasteiger partial charge in [0, 0.05) is 11.6 Å². The quantitative estimate of drug-likeness (QED) is 0.139. The fourth-order valence-corrected chi connectivity index (χ4v) is 4.41. The van der Waals surface area contributed by atoms with Crippen molar-refractivity contribution < 1.29 is 23.7 Å². The zero-order valence-electron chi connectivity index (χ0n) is 22.0. The van der Waals surface area contributed by atoms with Crippen molar-refractivity contribution in [3.63, 3.8) is 0 Å². The molecule has 0 fully saturated rings. The molecule has 0 aliphatic carbocycles. The Morgan fingerprint density at radius 2 is 1.65 bits per heavy atom. The monoisotopic (exact) mass is 532 g/mol. The van der Waals surface area contributed by atoms with Crippen LogP contribution in [-0.4, -0.2) is 12.6 Å². The van der Waals surface area contributed by atoms with Crippen molar-refractivity contribution in [1.29, 1.82) is 5.26 Å². The van der Waals surface area contributed by atoms with E-state index in [1.807, 2.05) is 54.6 Å². The number of nitrogens with two attached hydrogens (primary N) is 1. The van der Waals surface area contributed by atoms with Gasteiger partial charge in [-0.3, -0.25) is 0 Å². The van der Waals surface area contributed by atoms with Crippen LogP contribution in [0.4, 0.5) is 0 Å². The second-order valence-corrected chi connectivity index (χ2v) is 9.23. The minimum atomic E-state index is -0.514. The third-order valence-electron chi connectivity index (χ3n) is 6.43. The summed E-state index contributed by atoms with van der Waals surface area (Å²) in [5.41, 5.74) is 8.38. The molecular formula is C33H28N2O5. The Kier molecular flexibility index (Phi) is 7.98. The third-order valence-corrected chi connectivity index (χ3v) is 6.43. The second-order valence-electron chi connectivity index (χ2n) is 9.23. The summed E-state index contributed by atoms with van der Waals surface area (Å²) < 4.78 is 23.1. The molecule has 0 radical (unpaired) electrons. The maximum Gasteiger partial charge on any atom is 0.343 e. The molecule has 0 aromatic heterocycles. The molecule has 4 aromatic carbocycles. The van der Waals surface area contributed by atoms with Crippen molar-refractivity contribution in [3.8, 4) is 34.8 Å². The van der Waals surface area contributed by atoms with Gasteiger partial charge in [0.25, 0.3) is 0 Å². The first-order valence-electron chi connectivity index (χ1n) is 13.0. The van der Waals surface area contributed by atoms with Crippen LogP contribution < -0.4 is 24.7 Å². The van der Waals surface area contributed by atoms with Gasteiger partial charge >= 0.3 is 5.97 Å². The third kappa shape index (κ3) is 5.92. The average molecular weight is 533 g/mol. The topological polar surface area (TPSA) is 104 Å². The molecule has 1 atom stereocenters. The normalized spacial score (nSPS) is 13.9. The van der Waals surface area contributed by atoms with Crippen LogP contribution in [0.15, 0.2) is 109 Å². The highest BCUT2D eigenvalue weighted by Gasteiger charge is 2.31. The number of nitriles is 1. The minimum absolute atomic E-state index is 0.00322. The molecule has 200 valence electrons. The van der Waals surface area contributed by atoms with E-state index in [0.29, 0.717) is 40.9 Å². The van der Waals surface area contributed by atoms with E-state index in [2.05, 4.69) is 13.0 Å². The summed E-state index contributed by atoms with van der Waals surface area (Å²) in [5.74, 6) is 1.72. The lowest BCUT2D eigenvalue weighted by molar-refractivity contribution is 0.0734. The molecule has 7 nitrogen and oxygen atoms in total. The van der Waals surface area contributed by atoms with E-state index in [1.165, 1.54) is 0 Å². The molecule has 1 aliphatic heterocycles. The number of allylic oxidation sites excluding steroid dienone is 1. The SMILES string of the molecule is CCCCOc1ccc(C(=O)Oc2ccc3c(c2)OC(N)=C(C#N)C3c2cccc(Oc3ccccc3)c2)cc1. The highest BCUT2D eigenvalue weighted by atomic mass is 16.5. The molecule has 40 heavy (non-hydrogen) atoms. The van der Waals surface area contributed by atoms with Crippen molar-refractivity contribution in [2.45, 2.75) is 25.7 Å². The number of esters is 1. The molecule has 5 rings (SSSR count). The summed E-state index contributed by atoms with van der Waals surface area (Å²) in [6.07, 6.45) is 2.01. The van der Waals surface area contributed by atoms with Crippen LogP contribution in [0.1, 0.15) is 47.2 Å². The van der Waals surface area contributed by atoms with Crippen LogP contribution in [0.2, 0.25) is 0 Å². The molecule has 0 saturated carbocycles. The van der Waals surface area contributed by atoms with Gasteiger partial charge in [0.05, 0.1) is 18.1 Å². The van der Waals surface area contributed by atoms with Gasteiger partial charge < -0.3 is 24.7 Å². The maximum absolute atomic E-state index is 12.8. The van der Waals surface area contributed by atoms with E-state index in [-0.39, 0.29) is 11.5 Å². The number of rotatable bonds is 9. The average Bonchev–Trinajstić information content (AvgIpc) is 2.97. The molecule has 2 N–H and O–H groups in total. The fraction of sp³-hybridized carbons (Fsp3) is 0.152. The summed E-state index contributed by atoms with van der Waals surface area (Å²) in [6, 6.07) is 31.0. The Bertz CT molecular complexity index is 1570. The van der Waals surface area contributed by atoms with E-state index in [9.17, 15) is 10.1 Å². The van der Waals surface area contributed by atoms with E-state index in [0.717, 1.165) is 24.0 Å². The van der Waals surface area contributed by atoms with E-state index < -0.39 is 11.9 Å². The Morgan fingerprint density at radius 3 is 2.40 bits per heavy atom. The second kappa shape index (κ2) is 12.1. The molecule has 0 spiro atoms. The van der Waals surface area contributed by atoms with Crippen molar-refractivity contribution >= 4 is 5.97 Å². The largest absolute Gasteiger partial charge is 0.494 e. The number of benzene rings is 4. The molecule has 1 heterocycles. The van der Waals surface area contributed by atoms with E-state index in [4.69, 9.17) is 24.7 Å². The van der Waals surface area contributed by atoms with Crippen LogP contribution in [-0.2, 0) is 0 Å². The van der Waals surface area contributed by atoms with Crippen LogP contribution in [0.5, 0.6) is 28.7 Å². The smallest absolute Gasteiger partial charge is 0.343 e. The lowest BCUT2D eigenvalue weighted by atomic mass is 9.83.